The second kappa shape index (κ2) is 10.2. The number of nitrogens with zero attached hydrogens (tertiary/aromatic N) is 1. The topological polar surface area (TPSA) is 57.2 Å². The average molecular weight is 293 g/mol. The second-order valence-corrected chi connectivity index (χ2v) is 6.42. The van der Waals surface area contributed by atoms with Crippen molar-refractivity contribution in [3.05, 3.63) is 0 Å². The number of rotatable bonds is 10. The minimum absolute atomic E-state index is 0.322. The first-order valence-electron chi connectivity index (χ1n) is 6.83. The number of hydrogen-bond acceptors (Lipinski definition) is 5. The summed E-state index contributed by atoms with van der Waals surface area (Å²) < 4.78 is 22.0. The summed E-state index contributed by atoms with van der Waals surface area (Å²) in [5.41, 5.74) is 0. The molecule has 0 saturated carbocycles. The zero-order valence-corrected chi connectivity index (χ0v) is 13.7. The molecule has 0 aromatic rings. The number of hydrogen-bond donors (Lipinski definition) is 0. The molecule has 0 aliphatic heterocycles. The maximum Gasteiger partial charge on any atom is 0.521 e. The minimum Gasteiger partial charge on any atom is -0.453 e. The Labute approximate surface area is 117 Å². The van der Waals surface area contributed by atoms with Crippen LogP contribution < -0.4 is 0 Å². The fraction of sp³-hybridized carbons (Fsp3) is 0.917. The van der Waals surface area contributed by atoms with Gasteiger partial charge in [0.25, 0.3) is 0 Å². The highest BCUT2D eigenvalue weighted by Gasteiger charge is 2.43. The fourth-order valence-corrected chi connectivity index (χ4v) is 4.39. The minimum atomic E-state index is -2.85. The molecule has 0 aromatic carbocycles. The van der Waals surface area contributed by atoms with E-state index in [4.69, 9.17) is 18.0 Å². The molecule has 0 rings (SSSR count). The Bertz CT molecular complexity index is 235. The van der Waals surface area contributed by atoms with Crippen LogP contribution in [0.1, 0.15) is 34.1 Å². The monoisotopic (exact) mass is 293 g/mol. The second-order valence-electron chi connectivity index (χ2n) is 3.87. The molecule has 1 amide bonds. The number of carbonyl (C=O) groups excluding carboxylic acids is 1. The Morgan fingerprint density at radius 3 is 1.79 bits per heavy atom. The van der Waals surface area contributed by atoms with Gasteiger partial charge < -0.3 is 22.9 Å². The molecule has 6 nitrogen and oxygen atoms in total. The van der Waals surface area contributed by atoms with Crippen LogP contribution in [0.2, 0.25) is 0 Å². The number of ether oxygens (including phenoxy) is 1. The first-order chi connectivity index (χ1) is 9.09. The van der Waals surface area contributed by atoms with E-state index in [1.807, 2.05) is 27.7 Å². The van der Waals surface area contributed by atoms with Crippen LogP contribution in [0.25, 0.3) is 0 Å². The van der Waals surface area contributed by atoms with E-state index in [-0.39, 0.29) is 6.09 Å². The smallest absolute Gasteiger partial charge is 0.453 e. The van der Waals surface area contributed by atoms with Gasteiger partial charge in [0.15, 0.2) is 0 Å². The molecule has 0 bridgehead atoms. The summed E-state index contributed by atoms with van der Waals surface area (Å²) in [5, 5.41) is 0. The Balaban J connectivity index is 4.93. The van der Waals surface area contributed by atoms with Crippen LogP contribution in [0.3, 0.4) is 0 Å². The predicted molar refractivity (Wildman–Crippen MR) is 74.9 cm³/mol. The van der Waals surface area contributed by atoms with Crippen LogP contribution in [-0.4, -0.2) is 59.4 Å². The molecule has 114 valence electrons. The highest BCUT2D eigenvalue weighted by Crippen LogP contribution is 2.13. The molecule has 0 saturated heterocycles. The molecule has 19 heavy (non-hydrogen) atoms. The third-order valence-electron chi connectivity index (χ3n) is 2.40. The molecule has 0 N–H and O–H groups in total. The summed E-state index contributed by atoms with van der Waals surface area (Å²) in [6.45, 7) is 9.75. The van der Waals surface area contributed by atoms with Gasteiger partial charge >= 0.3 is 14.9 Å². The lowest BCUT2D eigenvalue weighted by atomic mass is 10.5. The summed E-state index contributed by atoms with van der Waals surface area (Å²) >= 11 is 0. The van der Waals surface area contributed by atoms with Crippen molar-refractivity contribution in [1.82, 2.24) is 4.90 Å². The first-order valence-corrected chi connectivity index (χ1v) is 8.76. The van der Waals surface area contributed by atoms with Crippen LogP contribution in [0, 0.1) is 0 Å². The van der Waals surface area contributed by atoms with Crippen molar-refractivity contribution in [3.63, 3.8) is 0 Å². The van der Waals surface area contributed by atoms with Gasteiger partial charge in [0.1, 0.15) is 0 Å². The lowest BCUT2D eigenvalue weighted by Crippen LogP contribution is -2.56. The number of carbonyl (C=O) groups is 1. The van der Waals surface area contributed by atoms with E-state index >= 15 is 0 Å². The SMILES string of the molecule is CCCN(C[Si](OCC)(OCC)OCC)C(=O)OC. The van der Waals surface area contributed by atoms with Crippen molar-refractivity contribution < 1.29 is 22.8 Å². The Morgan fingerprint density at radius 1 is 1.00 bits per heavy atom. The summed E-state index contributed by atoms with van der Waals surface area (Å²) in [7, 11) is -1.48. The molecule has 0 heterocycles. The fourth-order valence-electron chi connectivity index (χ4n) is 1.79. The van der Waals surface area contributed by atoms with Gasteiger partial charge in [0.2, 0.25) is 0 Å². The number of amides is 1. The summed E-state index contributed by atoms with van der Waals surface area (Å²) in [5.74, 6) is 0. The molecular weight excluding hydrogens is 266 g/mol. The zero-order chi connectivity index (χ0) is 14.7. The van der Waals surface area contributed by atoms with Gasteiger partial charge in [-0.05, 0) is 27.2 Å². The quantitative estimate of drug-likeness (QED) is 0.577. The van der Waals surface area contributed by atoms with Crippen LogP contribution in [0.5, 0.6) is 0 Å². The molecule has 0 radical (unpaired) electrons. The van der Waals surface area contributed by atoms with Gasteiger partial charge in [0.05, 0.1) is 13.3 Å². The van der Waals surface area contributed by atoms with E-state index in [2.05, 4.69) is 0 Å². The van der Waals surface area contributed by atoms with Gasteiger partial charge in [-0.15, -0.1) is 0 Å². The third-order valence-corrected chi connectivity index (χ3v) is 5.36. The molecule has 7 heteroatoms. The summed E-state index contributed by atoms with van der Waals surface area (Å²) in [6.07, 6.45) is 0.783. The van der Waals surface area contributed by atoms with E-state index in [1.54, 1.807) is 4.90 Å². The standard InChI is InChI=1S/C12H27NO5Si/c1-6-10-13(12(14)15-5)11-19(16-7-2,17-8-3)18-9-4/h6-11H2,1-5H3. The van der Waals surface area contributed by atoms with E-state index in [0.717, 1.165) is 6.42 Å². The van der Waals surface area contributed by atoms with Crippen LogP contribution >= 0.6 is 0 Å². The van der Waals surface area contributed by atoms with E-state index in [0.29, 0.717) is 32.5 Å². The Hall–Kier alpha value is -0.633. The van der Waals surface area contributed by atoms with Crippen molar-refractivity contribution in [2.75, 3.05) is 39.6 Å². The van der Waals surface area contributed by atoms with Crippen molar-refractivity contribution in [3.8, 4) is 0 Å². The molecule has 0 aliphatic carbocycles. The lowest BCUT2D eigenvalue weighted by Gasteiger charge is -2.32. The van der Waals surface area contributed by atoms with Gasteiger partial charge in [-0.3, -0.25) is 0 Å². The van der Waals surface area contributed by atoms with Crippen molar-refractivity contribution in [2.45, 2.75) is 34.1 Å². The zero-order valence-electron chi connectivity index (χ0n) is 12.7. The molecule has 0 spiro atoms. The van der Waals surface area contributed by atoms with E-state index in [9.17, 15) is 4.79 Å². The maximum atomic E-state index is 11.8. The first kappa shape index (κ1) is 18.4. The van der Waals surface area contributed by atoms with E-state index in [1.165, 1.54) is 7.11 Å². The highest BCUT2D eigenvalue weighted by molar-refractivity contribution is 6.61. The largest absolute Gasteiger partial charge is 0.521 e. The van der Waals surface area contributed by atoms with Crippen LogP contribution in [0.15, 0.2) is 0 Å². The Morgan fingerprint density at radius 2 is 1.47 bits per heavy atom. The average Bonchev–Trinajstić information content (AvgIpc) is 2.38. The van der Waals surface area contributed by atoms with Gasteiger partial charge in [-0.2, -0.15) is 0 Å². The lowest BCUT2D eigenvalue weighted by molar-refractivity contribution is 0.0533. The van der Waals surface area contributed by atoms with Gasteiger partial charge in [-0.1, -0.05) is 6.92 Å². The molecule has 0 aliphatic rings. The maximum absolute atomic E-state index is 11.8. The Kier molecular flexibility index (Phi) is 9.85. The van der Waals surface area contributed by atoms with Crippen molar-refractivity contribution >= 4 is 14.9 Å². The molecule has 0 aromatic heterocycles. The highest BCUT2D eigenvalue weighted by atomic mass is 28.4. The summed E-state index contributed by atoms with van der Waals surface area (Å²) in [6, 6.07) is 0. The predicted octanol–water partition coefficient (Wildman–Crippen LogP) is 2.05. The van der Waals surface area contributed by atoms with Crippen LogP contribution in [0.4, 0.5) is 4.79 Å². The summed E-state index contributed by atoms with van der Waals surface area (Å²) in [4.78, 5) is 13.3. The van der Waals surface area contributed by atoms with Gasteiger partial charge in [0, 0.05) is 26.4 Å². The normalized spacial score (nSPS) is 11.4. The van der Waals surface area contributed by atoms with Crippen LogP contribution in [-0.2, 0) is 18.0 Å². The molecule has 0 atom stereocenters. The van der Waals surface area contributed by atoms with E-state index < -0.39 is 8.80 Å². The van der Waals surface area contributed by atoms with Gasteiger partial charge in [-0.25, -0.2) is 4.79 Å². The molecular formula is C12H27NO5Si. The third kappa shape index (κ3) is 6.37. The molecule has 0 unspecified atom stereocenters. The van der Waals surface area contributed by atoms with Crippen molar-refractivity contribution in [1.29, 1.82) is 0 Å². The number of methoxy groups -OCH3 is 1. The van der Waals surface area contributed by atoms with Crippen molar-refractivity contribution in [2.24, 2.45) is 0 Å². The molecule has 0 fully saturated rings.